The number of anilines is 1. The molecule has 0 saturated carbocycles. The molecule has 1 aromatic carbocycles. The van der Waals surface area contributed by atoms with Crippen LogP contribution in [-0.2, 0) is 10.8 Å². The van der Waals surface area contributed by atoms with Crippen molar-refractivity contribution in [2.45, 2.75) is 13.0 Å². The monoisotopic (exact) mass is 272 g/mol. The molecule has 0 spiro atoms. The first kappa shape index (κ1) is 12.9. The Hall–Kier alpha value is -0.580. The first-order valence-electron chi connectivity index (χ1n) is 5.73. The summed E-state index contributed by atoms with van der Waals surface area (Å²) in [6.45, 7) is 3.56. The van der Waals surface area contributed by atoms with E-state index in [-0.39, 0.29) is 6.04 Å². The van der Waals surface area contributed by atoms with E-state index in [1.54, 1.807) is 0 Å². The lowest BCUT2D eigenvalue weighted by atomic mass is 10.1. The molecule has 2 rings (SSSR count). The van der Waals surface area contributed by atoms with Crippen LogP contribution in [0.3, 0.4) is 0 Å². The van der Waals surface area contributed by atoms with Crippen LogP contribution in [0.2, 0.25) is 5.02 Å². The van der Waals surface area contributed by atoms with Gasteiger partial charge in [-0.15, -0.1) is 0 Å². The summed E-state index contributed by atoms with van der Waals surface area (Å²) in [6.07, 6.45) is 0. The van der Waals surface area contributed by atoms with Crippen LogP contribution in [0.1, 0.15) is 18.5 Å². The van der Waals surface area contributed by atoms with Gasteiger partial charge in [0.05, 0.1) is 10.7 Å². The third kappa shape index (κ3) is 3.00. The Morgan fingerprint density at radius 3 is 2.59 bits per heavy atom. The molecule has 1 aliphatic rings. The van der Waals surface area contributed by atoms with E-state index in [1.807, 2.05) is 25.1 Å². The van der Waals surface area contributed by atoms with Crippen LogP contribution in [-0.4, -0.2) is 28.8 Å². The lowest BCUT2D eigenvalue weighted by molar-refractivity contribution is 0.673. The Morgan fingerprint density at radius 1 is 1.41 bits per heavy atom. The van der Waals surface area contributed by atoms with Crippen molar-refractivity contribution >= 4 is 28.1 Å². The molecule has 2 N–H and O–H groups in total. The quantitative estimate of drug-likeness (QED) is 0.895. The molecule has 5 heteroatoms. The van der Waals surface area contributed by atoms with Crippen LogP contribution >= 0.6 is 11.6 Å². The summed E-state index contributed by atoms with van der Waals surface area (Å²) in [4.78, 5) is 2.19. The average Bonchev–Trinajstić information content (AvgIpc) is 2.30. The van der Waals surface area contributed by atoms with Gasteiger partial charge in [0.1, 0.15) is 0 Å². The van der Waals surface area contributed by atoms with Crippen molar-refractivity contribution in [3.05, 3.63) is 28.8 Å². The van der Waals surface area contributed by atoms with Gasteiger partial charge in [-0.05, 0) is 24.6 Å². The summed E-state index contributed by atoms with van der Waals surface area (Å²) in [6, 6.07) is 5.94. The van der Waals surface area contributed by atoms with Crippen molar-refractivity contribution in [3.63, 3.8) is 0 Å². The van der Waals surface area contributed by atoms with Gasteiger partial charge in [-0.1, -0.05) is 17.7 Å². The summed E-state index contributed by atoms with van der Waals surface area (Å²) < 4.78 is 11.3. The van der Waals surface area contributed by atoms with Gasteiger partial charge in [0, 0.05) is 41.4 Å². The van der Waals surface area contributed by atoms with Crippen LogP contribution in [0.4, 0.5) is 5.69 Å². The Bertz CT molecular complexity index is 427. The molecule has 1 atom stereocenters. The second kappa shape index (κ2) is 5.38. The summed E-state index contributed by atoms with van der Waals surface area (Å²) in [5.74, 6) is 1.46. The first-order valence-corrected chi connectivity index (χ1v) is 7.59. The molecule has 1 aromatic rings. The third-order valence-electron chi connectivity index (χ3n) is 3.02. The van der Waals surface area contributed by atoms with Crippen molar-refractivity contribution in [2.24, 2.45) is 5.73 Å². The van der Waals surface area contributed by atoms with Crippen LogP contribution in [0, 0.1) is 0 Å². The summed E-state index contributed by atoms with van der Waals surface area (Å²) in [5, 5.41) is 0.729. The lowest BCUT2D eigenvalue weighted by Gasteiger charge is -2.29. The molecule has 0 amide bonds. The van der Waals surface area contributed by atoms with Crippen molar-refractivity contribution in [3.8, 4) is 0 Å². The summed E-state index contributed by atoms with van der Waals surface area (Å²) in [5.41, 5.74) is 7.88. The number of rotatable bonds is 2. The van der Waals surface area contributed by atoms with E-state index >= 15 is 0 Å². The highest BCUT2D eigenvalue weighted by molar-refractivity contribution is 7.85. The fourth-order valence-electron chi connectivity index (χ4n) is 1.94. The van der Waals surface area contributed by atoms with E-state index in [0.717, 1.165) is 40.9 Å². The second-order valence-electron chi connectivity index (χ2n) is 4.33. The van der Waals surface area contributed by atoms with Crippen LogP contribution in [0.25, 0.3) is 0 Å². The molecule has 0 aromatic heterocycles. The first-order chi connectivity index (χ1) is 8.08. The average molecular weight is 273 g/mol. The Kier molecular flexibility index (Phi) is 4.07. The minimum absolute atomic E-state index is 0.00425. The predicted molar refractivity (Wildman–Crippen MR) is 74.1 cm³/mol. The van der Waals surface area contributed by atoms with Gasteiger partial charge in [0.15, 0.2) is 0 Å². The van der Waals surface area contributed by atoms with Crippen LogP contribution in [0.5, 0.6) is 0 Å². The third-order valence-corrected chi connectivity index (χ3v) is 4.59. The number of nitrogens with two attached hydrogens (primary N) is 1. The molecule has 94 valence electrons. The molecule has 1 fully saturated rings. The van der Waals surface area contributed by atoms with Gasteiger partial charge in [0.2, 0.25) is 0 Å². The molecular formula is C12H17ClN2OS. The van der Waals surface area contributed by atoms with Crippen molar-refractivity contribution in [1.82, 2.24) is 0 Å². The molecule has 0 bridgehead atoms. The molecule has 0 aliphatic carbocycles. The van der Waals surface area contributed by atoms with E-state index in [9.17, 15) is 4.21 Å². The van der Waals surface area contributed by atoms with E-state index in [0.29, 0.717) is 0 Å². The Balaban J connectivity index is 2.19. The summed E-state index contributed by atoms with van der Waals surface area (Å²) >= 11 is 6.27. The van der Waals surface area contributed by atoms with E-state index in [1.165, 1.54) is 0 Å². The van der Waals surface area contributed by atoms with E-state index in [2.05, 4.69) is 4.90 Å². The topological polar surface area (TPSA) is 46.3 Å². The molecule has 1 saturated heterocycles. The largest absolute Gasteiger partial charge is 0.368 e. The number of benzene rings is 1. The molecule has 0 radical (unpaired) electrons. The predicted octanol–water partition coefficient (Wildman–Crippen LogP) is 1.93. The zero-order valence-corrected chi connectivity index (χ0v) is 11.4. The lowest BCUT2D eigenvalue weighted by Crippen LogP contribution is -2.37. The number of hydrogen-bond acceptors (Lipinski definition) is 3. The minimum atomic E-state index is -0.658. The van der Waals surface area contributed by atoms with Gasteiger partial charge in [-0.3, -0.25) is 4.21 Å². The number of nitrogens with zero attached hydrogens (tertiary/aromatic N) is 1. The molecule has 3 nitrogen and oxygen atoms in total. The highest BCUT2D eigenvalue weighted by Crippen LogP contribution is 2.29. The maximum Gasteiger partial charge on any atom is 0.0642 e. The Morgan fingerprint density at radius 2 is 2.06 bits per heavy atom. The highest BCUT2D eigenvalue weighted by Gasteiger charge is 2.17. The molecule has 1 unspecified atom stereocenters. The maximum atomic E-state index is 11.3. The number of hydrogen-bond donors (Lipinski definition) is 1. The molecular weight excluding hydrogens is 256 g/mol. The Labute approximate surface area is 109 Å². The maximum absolute atomic E-state index is 11.3. The van der Waals surface area contributed by atoms with Gasteiger partial charge in [0.25, 0.3) is 0 Å². The zero-order chi connectivity index (χ0) is 12.4. The van der Waals surface area contributed by atoms with Gasteiger partial charge in [-0.2, -0.15) is 0 Å². The SMILES string of the molecule is CC(N)c1ccc(N2CCS(=O)CC2)c(Cl)c1. The molecule has 1 heterocycles. The minimum Gasteiger partial charge on any atom is -0.368 e. The summed E-state index contributed by atoms with van der Waals surface area (Å²) in [7, 11) is -0.658. The smallest absolute Gasteiger partial charge is 0.0642 e. The van der Waals surface area contributed by atoms with Crippen molar-refractivity contribution in [2.75, 3.05) is 29.5 Å². The fraction of sp³-hybridized carbons (Fsp3) is 0.500. The number of halogens is 1. The van der Waals surface area contributed by atoms with Crippen LogP contribution < -0.4 is 10.6 Å². The fourth-order valence-corrected chi connectivity index (χ4v) is 3.30. The van der Waals surface area contributed by atoms with Crippen molar-refractivity contribution in [1.29, 1.82) is 0 Å². The molecule has 17 heavy (non-hydrogen) atoms. The normalized spacial score (nSPS) is 19.4. The van der Waals surface area contributed by atoms with Gasteiger partial charge < -0.3 is 10.6 Å². The van der Waals surface area contributed by atoms with Gasteiger partial charge >= 0.3 is 0 Å². The zero-order valence-electron chi connectivity index (χ0n) is 9.86. The van der Waals surface area contributed by atoms with E-state index in [4.69, 9.17) is 17.3 Å². The van der Waals surface area contributed by atoms with Crippen molar-refractivity contribution < 1.29 is 4.21 Å². The van der Waals surface area contributed by atoms with Gasteiger partial charge in [-0.25, -0.2) is 0 Å². The standard InChI is InChI=1S/C12H17ClN2OS/c1-9(14)10-2-3-12(11(13)8-10)15-4-6-17(16)7-5-15/h2-3,8-9H,4-7,14H2,1H3. The highest BCUT2D eigenvalue weighted by atomic mass is 35.5. The van der Waals surface area contributed by atoms with E-state index < -0.39 is 10.8 Å². The van der Waals surface area contributed by atoms with Crippen LogP contribution in [0.15, 0.2) is 18.2 Å². The second-order valence-corrected chi connectivity index (χ2v) is 6.44. The molecule has 1 aliphatic heterocycles.